The highest BCUT2D eigenvalue weighted by molar-refractivity contribution is 14.1. The predicted octanol–water partition coefficient (Wildman–Crippen LogP) is 6.67. The molecule has 27 heavy (non-hydrogen) atoms. The highest BCUT2D eigenvalue weighted by Crippen LogP contribution is 2.57. The van der Waals surface area contributed by atoms with Gasteiger partial charge in [0.25, 0.3) is 0 Å². The summed E-state index contributed by atoms with van der Waals surface area (Å²) in [7, 11) is 0. The predicted molar refractivity (Wildman–Crippen MR) is 136 cm³/mol. The molecule has 0 saturated heterocycles. The Morgan fingerprint density at radius 3 is 1.81 bits per heavy atom. The van der Waals surface area contributed by atoms with Crippen molar-refractivity contribution < 1.29 is 14.3 Å². The first-order valence-corrected chi connectivity index (χ1v) is 12.2. The van der Waals surface area contributed by atoms with Crippen molar-refractivity contribution in [1.29, 1.82) is 0 Å². The average molecular weight is 804 g/mol. The first kappa shape index (κ1) is 18.9. The Hall–Kier alpha value is -0.150. The molecule has 0 fully saturated rings. The molecule has 3 nitrogen and oxygen atoms in total. The summed E-state index contributed by atoms with van der Waals surface area (Å²) in [6.45, 7) is 0. The molecule has 0 amide bonds. The van der Waals surface area contributed by atoms with Gasteiger partial charge in [0.2, 0.25) is 0 Å². The minimum Gasteiger partial charge on any atom is -0.456 e. The van der Waals surface area contributed by atoms with Crippen molar-refractivity contribution >= 4 is 96.3 Å². The van der Waals surface area contributed by atoms with Crippen LogP contribution in [0.25, 0.3) is 0 Å². The first-order valence-electron chi connectivity index (χ1n) is 7.91. The Labute approximate surface area is 210 Å². The molecule has 0 aromatic heterocycles. The third kappa shape index (κ3) is 2.70. The maximum atomic E-state index is 12.8. The van der Waals surface area contributed by atoms with E-state index in [2.05, 4.69) is 102 Å². The van der Waals surface area contributed by atoms with E-state index in [1.807, 2.05) is 36.4 Å². The molecule has 0 saturated carbocycles. The van der Waals surface area contributed by atoms with Gasteiger partial charge >= 0.3 is 5.97 Å². The zero-order chi connectivity index (χ0) is 18.9. The number of carbonyl (C=O) groups is 1. The van der Waals surface area contributed by atoms with Crippen LogP contribution in [0.2, 0.25) is 0 Å². The maximum Gasteiger partial charge on any atom is 0.340 e. The summed E-state index contributed by atoms with van der Waals surface area (Å²) in [5, 5.41) is 0. The molecule has 2 heterocycles. The van der Waals surface area contributed by atoms with Crippen LogP contribution in [-0.4, -0.2) is 5.97 Å². The van der Waals surface area contributed by atoms with Gasteiger partial charge in [0.05, 0.1) is 5.56 Å². The van der Waals surface area contributed by atoms with Gasteiger partial charge in [0, 0.05) is 31.0 Å². The fourth-order valence-electron chi connectivity index (χ4n) is 3.66. The molecule has 0 bridgehead atoms. The van der Waals surface area contributed by atoms with Crippen molar-refractivity contribution in [3.8, 4) is 11.5 Å². The van der Waals surface area contributed by atoms with Gasteiger partial charge in [-0.3, -0.25) is 0 Å². The first-order chi connectivity index (χ1) is 12.9. The van der Waals surface area contributed by atoms with Crippen molar-refractivity contribution in [3.05, 3.63) is 85.1 Å². The maximum absolute atomic E-state index is 12.8. The van der Waals surface area contributed by atoms with Crippen LogP contribution >= 0.6 is 90.4 Å². The van der Waals surface area contributed by atoms with Crippen LogP contribution in [0.1, 0.15) is 27.0 Å². The number of ether oxygens (including phenoxy) is 2. The molecule has 3 aromatic rings. The van der Waals surface area contributed by atoms with Crippen molar-refractivity contribution in [2.24, 2.45) is 0 Å². The summed E-state index contributed by atoms with van der Waals surface area (Å²) >= 11 is 9.22. The molecule has 1 spiro atoms. The van der Waals surface area contributed by atoms with E-state index >= 15 is 0 Å². The van der Waals surface area contributed by atoms with Crippen LogP contribution in [0.5, 0.6) is 11.5 Å². The van der Waals surface area contributed by atoms with Gasteiger partial charge in [-0.25, -0.2) is 4.79 Å². The van der Waals surface area contributed by atoms with Gasteiger partial charge in [-0.2, -0.15) is 0 Å². The topological polar surface area (TPSA) is 35.5 Å². The second-order valence-corrected chi connectivity index (χ2v) is 10.9. The lowest BCUT2D eigenvalue weighted by atomic mass is 9.78. The number of halogens is 4. The van der Waals surface area contributed by atoms with Gasteiger partial charge in [-0.15, -0.1) is 0 Å². The molecular weight excluding hydrogens is 796 g/mol. The number of carbonyl (C=O) groups excluding carboxylic acids is 1. The lowest BCUT2D eigenvalue weighted by molar-refractivity contribution is 0.0224. The molecule has 3 aromatic carbocycles. The van der Waals surface area contributed by atoms with Gasteiger partial charge in [-0.05, 0) is 121 Å². The van der Waals surface area contributed by atoms with E-state index in [-0.39, 0.29) is 5.97 Å². The fourth-order valence-corrected chi connectivity index (χ4v) is 5.47. The van der Waals surface area contributed by atoms with Gasteiger partial charge in [-0.1, -0.05) is 18.2 Å². The molecule has 0 N–H and O–H groups in total. The monoisotopic (exact) mass is 804 g/mol. The van der Waals surface area contributed by atoms with Crippen molar-refractivity contribution in [2.45, 2.75) is 5.60 Å². The minimum absolute atomic E-state index is 0.300. The second-order valence-electron chi connectivity index (χ2n) is 6.24. The third-order valence-corrected chi connectivity index (χ3v) is 10.4. The summed E-state index contributed by atoms with van der Waals surface area (Å²) in [6.07, 6.45) is 0. The average Bonchev–Trinajstić information content (AvgIpc) is 2.93. The quantitative estimate of drug-likeness (QED) is 0.188. The Morgan fingerprint density at radius 1 is 0.704 bits per heavy atom. The van der Waals surface area contributed by atoms with E-state index in [4.69, 9.17) is 9.47 Å². The molecular formula is C20H8I4O3. The van der Waals surface area contributed by atoms with Crippen LogP contribution in [-0.2, 0) is 10.3 Å². The SMILES string of the molecule is O=C1OC2(c3cc(I)c(I)cc3Oc3cc(I)c(I)cc32)c2ccccc21. The molecule has 0 aliphatic carbocycles. The van der Waals surface area contributed by atoms with Crippen LogP contribution in [0.15, 0.2) is 48.5 Å². The normalized spacial score (nSPS) is 15.6. The van der Waals surface area contributed by atoms with Crippen LogP contribution in [0, 0.1) is 14.3 Å². The van der Waals surface area contributed by atoms with E-state index in [1.54, 1.807) is 0 Å². The smallest absolute Gasteiger partial charge is 0.340 e. The molecule has 0 atom stereocenters. The van der Waals surface area contributed by atoms with E-state index in [0.717, 1.165) is 42.5 Å². The lowest BCUT2D eigenvalue weighted by Crippen LogP contribution is -2.33. The van der Waals surface area contributed by atoms with Crippen molar-refractivity contribution in [1.82, 2.24) is 0 Å². The lowest BCUT2D eigenvalue weighted by Gasteiger charge is -2.37. The summed E-state index contributed by atoms with van der Waals surface area (Å²) in [5.74, 6) is 1.16. The van der Waals surface area contributed by atoms with Crippen LogP contribution in [0.3, 0.4) is 0 Å². The highest BCUT2D eigenvalue weighted by Gasteiger charge is 2.53. The molecule has 2 aliphatic rings. The van der Waals surface area contributed by atoms with Crippen LogP contribution < -0.4 is 4.74 Å². The largest absolute Gasteiger partial charge is 0.456 e. The number of fused-ring (bicyclic) bond motifs is 6. The Balaban J connectivity index is 1.94. The summed E-state index contributed by atoms with van der Waals surface area (Å²) in [6, 6.07) is 15.8. The Bertz CT molecular complexity index is 1100. The number of benzene rings is 3. The van der Waals surface area contributed by atoms with E-state index in [0.29, 0.717) is 5.56 Å². The van der Waals surface area contributed by atoms with Gasteiger partial charge in [0.15, 0.2) is 5.60 Å². The second kappa shape index (κ2) is 6.69. The third-order valence-electron chi connectivity index (χ3n) is 4.80. The molecule has 2 aliphatic heterocycles. The standard InChI is InChI=1S/C20H8I4O3/c21-13-5-11-17(7-15(13)23)26-18-8-16(24)14(22)6-12(18)20(11)10-4-2-1-3-9(10)19(25)27-20/h1-8H. The number of rotatable bonds is 0. The zero-order valence-corrected chi connectivity index (χ0v) is 22.0. The minimum atomic E-state index is -0.981. The van der Waals surface area contributed by atoms with Crippen molar-refractivity contribution in [2.75, 3.05) is 0 Å². The Kier molecular flexibility index (Phi) is 4.67. The summed E-state index contributed by atoms with van der Waals surface area (Å²) in [4.78, 5) is 12.8. The molecule has 7 heteroatoms. The summed E-state index contributed by atoms with van der Waals surface area (Å²) < 4.78 is 16.8. The van der Waals surface area contributed by atoms with E-state index < -0.39 is 5.60 Å². The number of esters is 1. The molecule has 5 rings (SSSR count). The van der Waals surface area contributed by atoms with Gasteiger partial charge < -0.3 is 9.47 Å². The van der Waals surface area contributed by atoms with Crippen molar-refractivity contribution in [3.63, 3.8) is 0 Å². The zero-order valence-electron chi connectivity index (χ0n) is 13.4. The van der Waals surface area contributed by atoms with Gasteiger partial charge in [0.1, 0.15) is 11.5 Å². The summed E-state index contributed by atoms with van der Waals surface area (Å²) in [5.41, 5.74) is 2.24. The fraction of sp³-hybridized carbons (Fsp3) is 0.0500. The number of hydrogen-bond acceptors (Lipinski definition) is 3. The Morgan fingerprint density at radius 2 is 1.22 bits per heavy atom. The van der Waals surface area contributed by atoms with E-state index in [9.17, 15) is 4.79 Å². The highest BCUT2D eigenvalue weighted by atomic mass is 127. The molecule has 0 radical (unpaired) electrons. The number of hydrogen-bond donors (Lipinski definition) is 0. The molecule has 134 valence electrons. The van der Waals surface area contributed by atoms with E-state index in [1.165, 1.54) is 0 Å². The van der Waals surface area contributed by atoms with Crippen LogP contribution in [0.4, 0.5) is 0 Å². The molecule has 0 unspecified atom stereocenters.